The first-order chi connectivity index (χ1) is 16.2. The average Bonchev–Trinajstić information content (AvgIpc) is 3.36. The number of nitrogens with zero attached hydrogens (tertiary/aromatic N) is 1. The molecule has 0 radical (unpaired) electrons. The quantitative estimate of drug-likeness (QED) is 0.251. The number of ether oxygens (including phenoxy) is 3. The predicted molar refractivity (Wildman–Crippen MR) is 131 cm³/mol. The molecule has 2 aromatic carbocycles. The van der Waals surface area contributed by atoms with Gasteiger partial charge in [0.1, 0.15) is 5.82 Å². The molecule has 0 aliphatic heterocycles. The highest BCUT2D eigenvalue weighted by molar-refractivity contribution is 7.99. The van der Waals surface area contributed by atoms with Crippen LogP contribution < -0.4 is 20.1 Å². The topological polar surface area (TPSA) is 80.4 Å². The van der Waals surface area contributed by atoms with E-state index >= 15 is 0 Å². The maximum Gasteiger partial charge on any atom is 0.161 e. The zero-order valence-electron chi connectivity index (χ0n) is 18.9. The van der Waals surface area contributed by atoms with Gasteiger partial charge >= 0.3 is 0 Å². The molecule has 0 atom stereocenters. The molecule has 0 spiro atoms. The molecule has 1 aliphatic rings. The van der Waals surface area contributed by atoms with Crippen LogP contribution in [0.25, 0.3) is 11.3 Å². The zero-order valence-corrected chi connectivity index (χ0v) is 19.7. The Hall–Kier alpha value is -2.75. The van der Waals surface area contributed by atoms with Gasteiger partial charge in [0.05, 0.1) is 32.6 Å². The zero-order chi connectivity index (χ0) is 23.0. The summed E-state index contributed by atoms with van der Waals surface area (Å²) < 4.78 is 30.7. The summed E-state index contributed by atoms with van der Waals surface area (Å²) in [6, 6.07) is 10.4. The second-order valence-corrected chi connectivity index (χ2v) is 8.80. The number of thioether (sulfide) groups is 1. The van der Waals surface area contributed by atoms with E-state index < -0.39 is 0 Å². The van der Waals surface area contributed by atoms with Gasteiger partial charge in [-0.1, -0.05) is 6.07 Å². The minimum absolute atomic E-state index is 0.290. The highest BCUT2D eigenvalue weighted by Gasteiger charge is 2.27. The molecule has 9 heteroatoms. The van der Waals surface area contributed by atoms with Crippen LogP contribution in [-0.2, 0) is 11.2 Å². The number of benzene rings is 2. The fourth-order valence-corrected chi connectivity index (χ4v) is 4.36. The van der Waals surface area contributed by atoms with Crippen LogP contribution in [-0.4, -0.2) is 62.2 Å². The van der Waals surface area contributed by atoms with Crippen molar-refractivity contribution in [3.05, 3.63) is 53.3 Å². The number of H-pyrrole nitrogens is 1. The fraction of sp³-hybridized carbons (Fsp3) is 0.375. The maximum absolute atomic E-state index is 13.5. The summed E-state index contributed by atoms with van der Waals surface area (Å²) in [7, 11) is 3.56. The lowest BCUT2D eigenvalue weighted by Crippen LogP contribution is -2.15. The molecule has 0 saturated carbocycles. The lowest BCUT2D eigenvalue weighted by molar-refractivity contribution is 0.153. The highest BCUT2D eigenvalue weighted by Crippen LogP contribution is 2.44. The van der Waals surface area contributed by atoms with Crippen LogP contribution in [0, 0.1) is 5.82 Å². The smallest absolute Gasteiger partial charge is 0.161 e. The average molecular weight is 473 g/mol. The molecule has 3 N–H and O–H groups in total. The minimum Gasteiger partial charge on any atom is -0.493 e. The molecule has 1 heterocycles. The Balaban J connectivity index is 1.36. The second-order valence-electron chi connectivity index (χ2n) is 7.57. The van der Waals surface area contributed by atoms with Crippen LogP contribution in [0.2, 0.25) is 0 Å². The summed E-state index contributed by atoms with van der Waals surface area (Å²) in [5, 5.41) is 13.8. The van der Waals surface area contributed by atoms with Gasteiger partial charge in [0.2, 0.25) is 0 Å². The summed E-state index contributed by atoms with van der Waals surface area (Å²) >= 11 is 1.80. The van der Waals surface area contributed by atoms with Crippen LogP contribution in [0.4, 0.5) is 15.9 Å². The Kier molecular flexibility index (Phi) is 8.09. The van der Waals surface area contributed by atoms with E-state index in [1.54, 1.807) is 24.9 Å². The van der Waals surface area contributed by atoms with Crippen LogP contribution in [0.3, 0.4) is 0 Å². The van der Waals surface area contributed by atoms with Crippen molar-refractivity contribution in [3.63, 3.8) is 0 Å². The van der Waals surface area contributed by atoms with Gasteiger partial charge in [-0.2, -0.15) is 16.9 Å². The third-order valence-electron chi connectivity index (χ3n) is 5.33. The Morgan fingerprint density at radius 3 is 2.82 bits per heavy atom. The summed E-state index contributed by atoms with van der Waals surface area (Å²) in [5.74, 6) is 3.65. The molecule has 0 amide bonds. The largest absolute Gasteiger partial charge is 0.493 e. The maximum atomic E-state index is 13.5. The Morgan fingerprint density at radius 2 is 2.00 bits per heavy atom. The van der Waals surface area contributed by atoms with Crippen LogP contribution in [0.1, 0.15) is 11.1 Å². The van der Waals surface area contributed by atoms with Crippen molar-refractivity contribution in [1.82, 2.24) is 15.5 Å². The Bertz CT molecular complexity index is 1080. The van der Waals surface area contributed by atoms with Crippen molar-refractivity contribution in [3.8, 4) is 22.8 Å². The molecule has 3 aromatic rings. The van der Waals surface area contributed by atoms with E-state index in [0.717, 1.165) is 59.4 Å². The van der Waals surface area contributed by atoms with Gasteiger partial charge in [-0.3, -0.25) is 5.10 Å². The van der Waals surface area contributed by atoms with Gasteiger partial charge in [-0.25, -0.2) is 4.39 Å². The number of fused-ring (bicyclic) bond motifs is 3. The number of likely N-dealkylation sites (N-methyl/N-ethyl adjacent to an activating group) is 1. The molecular weight excluding hydrogens is 443 g/mol. The van der Waals surface area contributed by atoms with E-state index in [4.69, 9.17) is 14.2 Å². The number of anilines is 2. The molecule has 4 rings (SSSR count). The number of aromatic amines is 1. The summed E-state index contributed by atoms with van der Waals surface area (Å²) in [6.45, 7) is 2.94. The molecule has 0 bridgehead atoms. The summed E-state index contributed by atoms with van der Waals surface area (Å²) in [6.07, 6.45) is 0.706. The van der Waals surface area contributed by atoms with Gasteiger partial charge in [0, 0.05) is 41.3 Å². The third kappa shape index (κ3) is 5.79. The van der Waals surface area contributed by atoms with Gasteiger partial charge in [-0.05, 0) is 42.9 Å². The van der Waals surface area contributed by atoms with E-state index in [0.29, 0.717) is 30.3 Å². The lowest BCUT2D eigenvalue weighted by Gasteiger charge is -2.13. The van der Waals surface area contributed by atoms with Crippen molar-refractivity contribution >= 4 is 23.3 Å². The van der Waals surface area contributed by atoms with Crippen LogP contribution >= 0.6 is 11.8 Å². The van der Waals surface area contributed by atoms with Gasteiger partial charge in [0.15, 0.2) is 17.3 Å². The van der Waals surface area contributed by atoms with Gasteiger partial charge in [-0.15, -0.1) is 0 Å². The van der Waals surface area contributed by atoms with Crippen molar-refractivity contribution < 1.29 is 18.6 Å². The molecule has 0 fully saturated rings. The summed E-state index contributed by atoms with van der Waals surface area (Å²) in [5.41, 5.74) is 4.83. The van der Waals surface area contributed by atoms with Gasteiger partial charge in [0.25, 0.3) is 0 Å². The first kappa shape index (κ1) is 23.4. The van der Waals surface area contributed by atoms with E-state index in [1.807, 2.05) is 25.2 Å². The molecule has 0 saturated heterocycles. The molecule has 0 unspecified atom stereocenters. The lowest BCUT2D eigenvalue weighted by atomic mass is 10.1. The normalized spacial score (nSPS) is 11.8. The highest BCUT2D eigenvalue weighted by atomic mass is 32.2. The molecule has 176 valence electrons. The van der Waals surface area contributed by atoms with Crippen LogP contribution in [0.5, 0.6) is 11.5 Å². The molecule has 33 heavy (non-hydrogen) atoms. The Morgan fingerprint density at radius 1 is 1.12 bits per heavy atom. The van der Waals surface area contributed by atoms with Gasteiger partial charge < -0.3 is 24.8 Å². The molecule has 7 nitrogen and oxygen atoms in total. The van der Waals surface area contributed by atoms with Crippen molar-refractivity contribution in [2.45, 2.75) is 6.42 Å². The van der Waals surface area contributed by atoms with E-state index in [1.165, 1.54) is 12.1 Å². The first-order valence-electron chi connectivity index (χ1n) is 10.9. The number of aromatic nitrogens is 2. The fourth-order valence-electron chi connectivity index (χ4n) is 3.72. The van der Waals surface area contributed by atoms with Crippen LogP contribution in [0.15, 0.2) is 36.4 Å². The number of hydrogen-bond donors (Lipinski definition) is 3. The minimum atomic E-state index is -0.290. The standard InChI is InChI=1S/C24H29FN4O3S/c1-26-6-7-31-8-10-33-11-9-32-22-13-16-12-20-23(19(16)15-21(22)30-2)28-29-24(20)27-18-5-3-4-17(25)14-18/h3-5,13-15,26H,6-12H2,1-2H3,(H2,27,28,29). The first-order valence-corrected chi connectivity index (χ1v) is 12.1. The third-order valence-corrected chi connectivity index (χ3v) is 6.24. The second kappa shape index (κ2) is 11.4. The number of methoxy groups -OCH3 is 1. The van der Waals surface area contributed by atoms with Crippen molar-refractivity contribution in [2.24, 2.45) is 0 Å². The molecule has 1 aliphatic carbocycles. The van der Waals surface area contributed by atoms with E-state index in [9.17, 15) is 4.39 Å². The Labute approximate surface area is 197 Å². The number of nitrogens with one attached hydrogen (secondary N) is 3. The van der Waals surface area contributed by atoms with E-state index in [2.05, 4.69) is 20.8 Å². The summed E-state index contributed by atoms with van der Waals surface area (Å²) in [4.78, 5) is 0. The molecule has 1 aromatic heterocycles. The van der Waals surface area contributed by atoms with Crippen molar-refractivity contribution in [1.29, 1.82) is 0 Å². The van der Waals surface area contributed by atoms with Crippen molar-refractivity contribution in [2.75, 3.05) is 57.3 Å². The number of rotatable bonds is 13. The number of hydrogen-bond acceptors (Lipinski definition) is 7. The predicted octanol–water partition coefficient (Wildman–Crippen LogP) is 4.22. The SMILES string of the molecule is CNCCOCCSCCOc1cc2c(cc1OC)-c1[nH]nc(Nc3cccc(F)c3)c1C2. The van der Waals surface area contributed by atoms with E-state index in [-0.39, 0.29) is 5.82 Å². The monoisotopic (exact) mass is 472 g/mol. The molecular formula is C24H29FN4O3S. The number of halogens is 1.